The van der Waals surface area contributed by atoms with Crippen molar-refractivity contribution in [2.24, 2.45) is 4.99 Å². The second-order valence-corrected chi connectivity index (χ2v) is 9.28. The van der Waals surface area contributed by atoms with E-state index in [1.165, 1.54) is 16.7 Å². The molecule has 1 aliphatic rings. The van der Waals surface area contributed by atoms with E-state index in [9.17, 15) is 19.7 Å². The summed E-state index contributed by atoms with van der Waals surface area (Å²) in [5.41, 5.74) is 1.35. The molecule has 174 valence electrons. The molecule has 1 atom stereocenters. The van der Waals surface area contributed by atoms with Crippen LogP contribution in [-0.2, 0) is 9.53 Å². The third-order valence-corrected chi connectivity index (χ3v) is 7.10. The summed E-state index contributed by atoms with van der Waals surface area (Å²) in [6, 6.07) is 13.1. The van der Waals surface area contributed by atoms with Gasteiger partial charge in [0, 0.05) is 11.0 Å². The Kier molecular flexibility index (Phi) is 6.80. The SMILES string of the molecule is CCOC(=O)C1=C(C)N=c2s/c(=C\c3ccccc3[N+](=O)[O-])c(=O)n2C1c1ccc(SC)cc1. The number of esters is 1. The van der Waals surface area contributed by atoms with Crippen LogP contribution < -0.4 is 14.9 Å². The molecule has 1 aromatic heterocycles. The summed E-state index contributed by atoms with van der Waals surface area (Å²) in [5, 5.41) is 11.4. The molecule has 3 aromatic rings. The van der Waals surface area contributed by atoms with Crippen molar-refractivity contribution < 1.29 is 14.5 Å². The first kappa shape index (κ1) is 23.7. The Morgan fingerprint density at radius 1 is 1.26 bits per heavy atom. The highest BCUT2D eigenvalue weighted by Gasteiger charge is 2.33. The summed E-state index contributed by atoms with van der Waals surface area (Å²) < 4.78 is 7.05. The molecule has 0 radical (unpaired) electrons. The highest BCUT2D eigenvalue weighted by Crippen LogP contribution is 2.31. The van der Waals surface area contributed by atoms with Crippen LogP contribution in [-0.4, -0.2) is 28.3 Å². The number of carbonyl (C=O) groups is 1. The van der Waals surface area contributed by atoms with Gasteiger partial charge in [-0.2, -0.15) is 0 Å². The van der Waals surface area contributed by atoms with Crippen LogP contribution in [0.15, 0.2) is 74.5 Å². The van der Waals surface area contributed by atoms with Gasteiger partial charge < -0.3 is 4.74 Å². The molecule has 0 bridgehead atoms. The number of hydrogen-bond donors (Lipinski definition) is 0. The number of nitrogens with zero attached hydrogens (tertiary/aromatic N) is 3. The number of fused-ring (bicyclic) bond motifs is 1. The number of nitro groups is 1. The molecule has 0 saturated heterocycles. The number of benzene rings is 2. The summed E-state index contributed by atoms with van der Waals surface area (Å²) in [6.07, 6.45) is 3.47. The summed E-state index contributed by atoms with van der Waals surface area (Å²) in [7, 11) is 0. The van der Waals surface area contributed by atoms with Crippen molar-refractivity contribution in [1.29, 1.82) is 0 Å². The number of rotatable bonds is 6. The normalized spacial score (nSPS) is 15.6. The molecule has 0 spiro atoms. The molecule has 2 aromatic carbocycles. The molecule has 0 amide bonds. The maximum Gasteiger partial charge on any atom is 0.338 e. The lowest BCUT2D eigenvalue weighted by atomic mass is 9.96. The Morgan fingerprint density at radius 2 is 1.97 bits per heavy atom. The smallest absolute Gasteiger partial charge is 0.338 e. The first-order valence-electron chi connectivity index (χ1n) is 10.4. The summed E-state index contributed by atoms with van der Waals surface area (Å²) in [4.78, 5) is 43.4. The van der Waals surface area contributed by atoms with Gasteiger partial charge in [-0.1, -0.05) is 35.6 Å². The van der Waals surface area contributed by atoms with Crippen molar-refractivity contribution in [3.63, 3.8) is 0 Å². The molecule has 0 fully saturated rings. The second kappa shape index (κ2) is 9.78. The number of nitro benzene ring substituents is 1. The van der Waals surface area contributed by atoms with Crippen LogP contribution in [0.2, 0.25) is 0 Å². The number of para-hydroxylation sites is 1. The quantitative estimate of drug-likeness (QED) is 0.225. The minimum Gasteiger partial charge on any atom is -0.463 e. The number of carbonyl (C=O) groups excluding carboxylic acids is 1. The van der Waals surface area contributed by atoms with Crippen molar-refractivity contribution in [2.75, 3.05) is 12.9 Å². The average Bonchev–Trinajstić information content (AvgIpc) is 3.13. The monoisotopic (exact) mass is 495 g/mol. The average molecular weight is 496 g/mol. The van der Waals surface area contributed by atoms with Gasteiger partial charge in [0.05, 0.1) is 38.9 Å². The minimum absolute atomic E-state index is 0.0964. The third-order valence-electron chi connectivity index (χ3n) is 5.37. The van der Waals surface area contributed by atoms with Crippen molar-refractivity contribution in [3.05, 3.63) is 101 Å². The van der Waals surface area contributed by atoms with Crippen LogP contribution in [0.4, 0.5) is 5.69 Å². The van der Waals surface area contributed by atoms with Crippen LogP contribution in [0.1, 0.15) is 31.0 Å². The van der Waals surface area contributed by atoms with Gasteiger partial charge in [-0.15, -0.1) is 11.8 Å². The fourth-order valence-corrected chi connectivity index (χ4v) is 5.26. The largest absolute Gasteiger partial charge is 0.463 e. The lowest BCUT2D eigenvalue weighted by molar-refractivity contribution is -0.385. The predicted octanol–water partition coefficient (Wildman–Crippen LogP) is 3.43. The van der Waals surface area contributed by atoms with E-state index < -0.39 is 16.9 Å². The molecule has 2 heterocycles. The standard InChI is InChI=1S/C24H21N3O5S2/c1-4-32-23(29)20-14(2)25-24-26(21(20)15-9-11-17(33-3)12-10-15)22(28)19(34-24)13-16-7-5-6-8-18(16)27(30)31/h5-13,21H,4H2,1-3H3/b19-13-. The zero-order valence-electron chi connectivity index (χ0n) is 18.7. The molecule has 34 heavy (non-hydrogen) atoms. The number of hydrogen-bond acceptors (Lipinski definition) is 8. The fraction of sp³-hybridized carbons (Fsp3) is 0.208. The lowest BCUT2D eigenvalue weighted by Gasteiger charge is -2.24. The van der Waals surface area contributed by atoms with E-state index in [4.69, 9.17) is 4.74 Å². The predicted molar refractivity (Wildman–Crippen MR) is 132 cm³/mol. The highest BCUT2D eigenvalue weighted by atomic mass is 32.2. The third kappa shape index (κ3) is 4.34. The molecule has 0 N–H and O–H groups in total. The van der Waals surface area contributed by atoms with Gasteiger partial charge in [0.1, 0.15) is 0 Å². The van der Waals surface area contributed by atoms with E-state index in [1.807, 2.05) is 30.5 Å². The van der Waals surface area contributed by atoms with Gasteiger partial charge >= 0.3 is 5.97 Å². The molecule has 0 saturated carbocycles. The Bertz CT molecular complexity index is 1490. The van der Waals surface area contributed by atoms with Crippen LogP contribution in [0.3, 0.4) is 0 Å². The van der Waals surface area contributed by atoms with E-state index in [0.717, 1.165) is 21.8 Å². The molecular formula is C24H21N3O5S2. The Labute approximate surface area is 203 Å². The van der Waals surface area contributed by atoms with Gasteiger partial charge in [0.2, 0.25) is 0 Å². The van der Waals surface area contributed by atoms with E-state index in [-0.39, 0.29) is 22.4 Å². The Balaban J connectivity index is 1.96. The fourth-order valence-electron chi connectivity index (χ4n) is 3.81. The molecule has 0 aliphatic carbocycles. The second-order valence-electron chi connectivity index (χ2n) is 7.39. The summed E-state index contributed by atoms with van der Waals surface area (Å²) in [5.74, 6) is -0.532. The van der Waals surface area contributed by atoms with Gasteiger partial charge in [-0.3, -0.25) is 19.5 Å². The molecular weight excluding hydrogens is 474 g/mol. The first-order chi connectivity index (χ1) is 16.3. The van der Waals surface area contributed by atoms with Crippen molar-refractivity contribution >= 4 is 40.8 Å². The summed E-state index contributed by atoms with van der Waals surface area (Å²) >= 11 is 2.72. The highest BCUT2D eigenvalue weighted by molar-refractivity contribution is 7.98. The van der Waals surface area contributed by atoms with E-state index in [1.54, 1.807) is 43.8 Å². The van der Waals surface area contributed by atoms with Crippen molar-refractivity contribution in [1.82, 2.24) is 4.57 Å². The molecule has 8 nitrogen and oxygen atoms in total. The van der Waals surface area contributed by atoms with Crippen LogP contribution >= 0.6 is 23.1 Å². The van der Waals surface area contributed by atoms with Crippen molar-refractivity contribution in [3.8, 4) is 0 Å². The number of thioether (sulfide) groups is 1. The van der Waals surface area contributed by atoms with Crippen LogP contribution in [0, 0.1) is 10.1 Å². The minimum atomic E-state index is -0.723. The lowest BCUT2D eigenvalue weighted by Crippen LogP contribution is -2.39. The topological polar surface area (TPSA) is 104 Å². The van der Waals surface area contributed by atoms with Gasteiger partial charge in [-0.05, 0) is 49.9 Å². The van der Waals surface area contributed by atoms with Crippen molar-refractivity contribution in [2.45, 2.75) is 24.8 Å². The van der Waals surface area contributed by atoms with Crippen LogP contribution in [0.25, 0.3) is 6.08 Å². The number of allylic oxidation sites excluding steroid dienone is 1. The Hall–Kier alpha value is -3.50. The maximum absolute atomic E-state index is 13.6. The van der Waals surface area contributed by atoms with Crippen LogP contribution in [0.5, 0.6) is 0 Å². The Morgan fingerprint density at radius 3 is 2.62 bits per heavy atom. The first-order valence-corrected chi connectivity index (χ1v) is 12.5. The number of aromatic nitrogens is 1. The number of thiazole rings is 1. The van der Waals surface area contributed by atoms with E-state index in [0.29, 0.717) is 21.6 Å². The molecule has 1 aliphatic heterocycles. The van der Waals surface area contributed by atoms with Gasteiger partial charge in [-0.25, -0.2) is 9.79 Å². The van der Waals surface area contributed by atoms with E-state index in [2.05, 4.69) is 4.99 Å². The van der Waals surface area contributed by atoms with Gasteiger partial charge in [0.15, 0.2) is 4.80 Å². The van der Waals surface area contributed by atoms with Gasteiger partial charge in [0.25, 0.3) is 11.2 Å². The zero-order valence-corrected chi connectivity index (χ0v) is 20.3. The zero-order chi connectivity index (χ0) is 24.4. The van der Waals surface area contributed by atoms with E-state index >= 15 is 0 Å². The summed E-state index contributed by atoms with van der Waals surface area (Å²) in [6.45, 7) is 3.63. The molecule has 4 rings (SSSR count). The maximum atomic E-state index is 13.6. The molecule has 1 unspecified atom stereocenters. The number of ether oxygens (including phenoxy) is 1. The molecule has 10 heteroatoms.